The standard InChI is InChI=1S/C11H20N2S/c1-12-11(14)13-10(8-4-2-5-8)9-6-3-7-9/h8-10H,2-7H2,1H3,(H2,12,13,14). The molecule has 14 heavy (non-hydrogen) atoms. The first-order chi connectivity index (χ1) is 6.81. The Hall–Kier alpha value is -0.310. The van der Waals surface area contributed by atoms with Crippen molar-refractivity contribution in [3.8, 4) is 0 Å². The molecule has 2 nitrogen and oxygen atoms in total. The molecule has 0 aromatic carbocycles. The Labute approximate surface area is 91.8 Å². The average molecular weight is 212 g/mol. The summed E-state index contributed by atoms with van der Waals surface area (Å²) in [6.07, 6.45) is 8.45. The molecule has 0 amide bonds. The Kier molecular flexibility index (Phi) is 3.26. The van der Waals surface area contributed by atoms with Gasteiger partial charge in [0.05, 0.1) is 0 Å². The molecule has 2 aliphatic rings. The van der Waals surface area contributed by atoms with Gasteiger partial charge in [-0.05, 0) is 49.7 Å². The van der Waals surface area contributed by atoms with Crippen LogP contribution in [0.15, 0.2) is 0 Å². The summed E-state index contributed by atoms with van der Waals surface area (Å²) in [5, 5.41) is 7.34. The summed E-state index contributed by atoms with van der Waals surface area (Å²) in [7, 11) is 1.90. The molecule has 2 rings (SSSR count). The van der Waals surface area contributed by atoms with Crippen molar-refractivity contribution in [3.05, 3.63) is 0 Å². The van der Waals surface area contributed by atoms with Crippen LogP contribution in [0.3, 0.4) is 0 Å². The number of hydrogen-bond acceptors (Lipinski definition) is 1. The smallest absolute Gasteiger partial charge is 0.166 e. The van der Waals surface area contributed by atoms with E-state index in [4.69, 9.17) is 12.2 Å². The van der Waals surface area contributed by atoms with E-state index < -0.39 is 0 Å². The first kappa shape index (κ1) is 10.2. The molecule has 0 aromatic rings. The topological polar surface area (TPSA) is 24.1 Å². The highest BCUT2D eigenvalue weighted by molar-refractivity contribution is 7.80. The zero-order chi connectivity index (χ0) is 9.97. The second-order valence-electron chi connectivity index (χ2n) is 4.63. The lowest BCUT2D eigenvalue weighted by atomic mass is 9.68. The van der Waals surface area contributed by atoms with Gasteiger partial charge in [0, 0.05) is 13.1 Å². The molecular formula is C11H20N2S. The van der Waals surface area contributed by atoms with E-state index in [9.17, 15) is 0 Å². The summed E-state index contributed by atoms with van der Waals surface area (Å²) in [6.45, 7) is 0. The SMILES string of the molecule is CNC(=S)NC(C1CCC1)C1CCC1. The molecule has 0 spiro atoms. The summed E-state index contributed by atoms with van der Waals surface area (Å²) < 4.78 is 0. The maximum atomic E-state index is 5.19. The fraction of sp³-hybridized carbons (Fsp3) is 0.909. The van der Waals surface area contributed by atoms with E-state index in [1.54, 1.807) is 0 Å². The van der Waals surface area contributed by atoms with Gasteiger partial charge >= 0.3 is 0 Å². The van der Waals surface area contributed by atoms with Crippen molar-refractivity contribution in [1.82, 2.24) is 10.6 Å². The lowest BCUT2D eigenvalue weighted by Crippen LogP contribution is -2.51. The fourth-order valence-corrected chi connectivity index (χ4v) is 2.58. The minimum atomic E-state index is 0.664. The number of thiocarbonyl (C=S) groups is 1. The third-order valence-electron chi connectivity index (χ3n) is 3.84. The van der Waals surface area contributed by atoms with Crippen molar-refractivity contribution in [2.75, 3.05) is 7.05 Å². The van der Waals surface area contributed by atoms with Crippen LogP contribution in [-0.4, -0.2) is 18.2 Å². The highest BCUT2D eigenvalue weighted by Crippen LogP contribution is 2.39. The van der Waals surface area contributed by atoms with Crippen LogP contribution >= 0.6 is 12.2 Å². The van der Waals surface area contributed by atoms with Crippen LogP contribution in [0.1, 0.15) is 38.5 Å². The predicted molar refractivity (Wildman–Crippen MR) is 63.3 cm³/mol. The van der Waals surface area contributed by atoms with Gasteiger partial charge in [0.15, 0.2) is 5.11 Å². The van der Waals surface area contributed by atoms with Gasteiger partial charge in [-0.1, -0.05) is 12.8 Å². The van der Waals surface area contributed by atoms with Crippen LogP contribution in [0.4, 0.5) is 0 Å². The fourth-order valence-electron chi connectivity index (χ4n) is 2.44. The molecule has 3 heteroatoms. The number of rotatable bonds is 3. The zero-order valence-corrected chi connectivity index (χ0v) is 9.70. The van der Waals surface area contributed by atoms with Gasteiger partial charge in [-0.25, -0.2) is 0 Å². The Morgan fingerprint density at radius 1 is 1.14 bits per heavy atom. The summed E-state index contributed by atoms with van der Waals surface area (Å²) in [4.78, 5) is 0. The quantitative estimate of drug-likeness (QED) is 0.700. The van der Waals surface area contributed by atoms with Gasteiger partial charge in [-0.2, -0.15) is 0 Å². The van der Waals surface area contributed by atoms with E-state index in [1.807, 2.05) is 7.05 Å². The van der Waals surface area contributed by atoms with Gasteiger partial charge in [0.2, 0.25) is 0 Å². The highest BCUT2D eigenvalue weighted by atomic mass is 32.1. The van der Waals surface area contributed by atoms with E-state index in [0.717, 1.165) is 16.9 Å². The Bertz CT molecular complexity index is 195. The predicted octanol–water partition coefficient (Wildman–Crippen LogP) is 2.05. The molecule has 0 radical (unpaired) electrons. The van der Waals surface area contributed by atoms with E-state index in [1.165, 1.54) is 38.5 Å². The largest absolute Gasteiger partial charge is 0.366 e. The second-order valence-corrected chi connectivity index (χ2v) is 5.04. The summed E-state index contributed by atoms with van der Waals surface area (Å²) in [5.41, 5.74) is 0. The Morgan fingerprint density at radius 2 is 1.64 bits per heavy atom. The first-order valence-corrected chi connectivity index (χ1v) is 6.20. The Morgan fingerprint density at radius 3 is 1.93 bits per heavy atom. The summed E-state index contributed by atoms with van der Waals surface area (Å²) in [5.74, 6) is 1.79. The van der Waals surface area contributed by atoms with Crippen molar-refractivity contribution in [2.24, 2.45) is 11.8 Å². The minimum absolute atomic E-state index is 0.664. The summed E-state index contributed by atoms with van der Waals surface area (Å²) in [6, 6.07) is 0.664. The Balaban J connectivity index is 1.87. The monoisotopic (exact) mass is 212 g/mol. The van der Waals surface area contributed by atoms with Crippen molar-refractivity contribution < 1.29 is 0 Å². The van der Waals surface area contributed by atoms with E-state index in [0.29, 0.717) is 6.04 Å². The van der Waals surface area contributed by atoms with Crippen molar-refractivity contribution >= 4 is 17.3 Å². The molecule has 2 saturated carbocycles. The molecule has 0 atom stereocenters. The molecule has 0 saturated heterocycles. The maximum absolute atomic E-state index is 5.19. The van der Waals surface area contributed by atoms with Crippen LogP contribution < -0.4 is 10.6 Å². The molecule has 2 aliphatic carbocycles. The second kappa shape index (κ2) is 4.47. The van der Waals surface area contributed by atoms with Crippen LogP contribution in [0.5, 0.6) is 0 Å². The van der Waals surface area contributed by atoms with Crippen LogP contribution in [0.2, 0.25) is 0 Å². The molecule has 2 N–H and O–H groups in total. The molecule has 0 unspecified atom stereocenters. The van der Waals surface area contributed by atoms with Crippen molar-refractivity contribution in [1.29, 1.82) is 0 Å². The molecular weight excluding hydrogens is 192 g/mol. The van der Waals surface area contributed by atoms with Gasteiger partial charge in [0.1, 0.15) is 0 Å². The number of nitrogens with one attached hydrogen (secondary N) is 2. The van der Waals surface area contributed by atoms with Crippen LogP contribution in [0, 0.1) is 11.8 Å². The van der Waals surface area contributed by atoms with Crippen molar-refractivity contribution in [3.63, 3.8) is 0 Å². The zero-order valence-electron chi connectivity index (χ0n) is 8.88. The maximum Gasteiger partial charge on any atom is 0.166 e. The lowest BCUT2D eigenvalue weighted by Gasteiger charge is -2.43. The van der Waals surface area contributed by atoms with Crippen LogP contribution in [-0.2, 0) is 0 Å². The van der Waals surface area contributed by atoms with Gasteiger partial charge in [-0.15, -0.1) is 0 Å². The van der Waals surface area contributed by atoms with Crippen molar-refractivity contribution in [2.45, 2.75) is 44.6 Å². The third kappa shape index (κ3) is 2.02. The van der Waals surface area contributed by atoms with E-state index >= 15 is 0 Å². The average Bonchev–Trinajstić information content (AvgIpc) is 1.97. The molecule has 0 heterocycles. The van der Waals surface area contributed by atoms with Crippen LogP contribution in [0.25, 0.3) is 0 Å². The van der Waals surface area contributed by atoms with Gasteiger partial charge < -0.3 is 10.6 Å². The summed E-state index contributed by atoms with van der Waals surface area (Å²) >= 11 is 5.19. The molecule has 80 valence electrons. The molecule has 2 fully saturated rings. The molecule has 0 aliphatic heterocycles. The minimum Gasteiger partial charge on any atom is -0.366 e. The number of hydrogen-bond donors (Lipinski definition) is 2. The first-order valence-electron chi connectivity index (χ1n) is 5.79. The molecule has 0 bridgehead atoms. The molecule has 0 aromatic heterocycles. The lowest BCUT2D eigenvalue weighted by molar-refractivity contribution is 0.138. The third-order valence-corrected chi connectivity index (χ3v) is 4.16. The van der Waals surface area contributed by atoms with E-state index in [-0.39, 0.29) is 0 Å². The van der Waals surface area contributed by atoms with Gasteiger partial charge in [-0.3, -0.25) is 0 Å². The highest BCUT2D eigenvalue weighted by Gasteiger charge is 2.36. The normalized spacial score (nSPS) is 22.7. The van der Waals surface area contributed by atoms with Gasteiger partial charge in [0.25, 0.3) is 0 Å². The van der Waals surface area contributed by atoms with E-state index in [2.05, 4.69) is 10.6 Å².